The van der Waals surface area contributed by atoms with Gasteiger partial charge < -0.3 is 21.3 Å². The average Bonchev–Trinajstić information content (AvgIpc) is 2.85. The first kappa shape index (κ1) is 25.8. The first-order valence-corrected chi connectivity index (χ1v) is 12.9. The molecule has 0 aliphatic carbocycles. The molecule has 1 fully saturated rings. The first-order chi connectivity index (χ1) is 16.4. The topological polar surface area (TPSA) is 64.2 Å². The molecular weight excluding hydrogens is 408 g/mol. The van der Waals surface area contributed by atoms with Crippen LogP contribution in [0.1, 0.15) is 48.9 Å². The molecule has 1 aliphatic heterocycles. The number of nitrogens with one attached hydrogen (secondary N) is 4. The summed E-state index contributed by atoms with van der Waals surface area (Å²) in [5.74, 6) is 0. The molecule has 1 aromatic carbocycles. The summed E-state index contributed by atoms with van der Waals surface area (Å²) >= 11 is 0. The minimum atomic E-state index is 0.801. The number of hydrogen-bond acceptors (Lipinski definition) is 6. The van der Waals surface area contributed by atoms with Crippen LogP contribution in [0, 0.1) is 0 Å². The largest absolute Gasteiger partial charge is 0.317 e. The van der Waals surface area contributed by atoms with Gasteiger partial charge in [-0.15, -0.1) is 0 Å². The third-order valence-electron chi connectivity index (χ3n) is 6.11. The van der Waals surface area contributed by atoms with Crippen LogP contribution in [-0.4, -0.2) is 62.2 Å². The van der Waals surface area contributed by atoms with E-state index in [-0.39, 0.29) is 0 Å². The van der Waals surface area contributed by atoms with Gasteiger partial charge in [-0.25, -0.2) is 0 Å². The Kier molecular flexibility index (Phi) is 13.1. The fraction of sp³-hybridized carbons (Fsp3) is 0.593. The molecule has 6 nitrogen and oxygen atoms in total. The van der Waals surface area contributed by atoms with E-state index in [1.165, 1.54) is 43.2 Å². The van der Waals surface area contributed by atoms with Crippen molar-refractivity contribution in [2.75, 3.05) is 52.4 Å². The fourth-order valence-electron chi connectivity index (χ4n) is 4.20. The van der Waals surface area contributed by atoms with E-state index < -0.39 is 0 Å². The van der Waals surface area contributed by atoms with Gasteiger partial charge in [-0.3, -0.25) is 9.88 Å². The van der Waals surface area contributed by atoms with Gasteiger partial charge in [0.15, 0.2) is 0 Å². The molecule has 2 heterocycles. The molecule has 0 bridgehead atoms. The predicted octanol–water partition coefficient (Wildman–Crippen LogP) is 2.91. The van der Waals surface area contributed by atoms with Crippen LogP contribution < -0.4 is 21.3 Å². The van der Waals surface area contributed by atoms with E-state index in [2.05, 4.69) is 61.5 Å². The van der Waals surface area contributed by atoms with Crippen LogP contribution in [0.2, 0.25) is 0 Å². The second-order valence-electron chi connectivity index (χ2n) is 9.04. The van der Waals surface area contributed by atoms with E-state index in [1.807, 2.05) is 18.3 Å². The zero-order chi connectivity index (χ0) is 22.8. The van der Waals surface area contributed by atoms with Crippen molar-refractivity contribution in [2.45, 2.75) is 51.7 Å². The SMILES string of the molecule is c1ccc(CNCc2ccc(CN3CCCNCCCCNCCCNCCC3)cc2)nc1. The summed E-state index contributed by atoms with van der Waals surface area (Å²) in [5.41, 5.74) is 3.81. The van der Waals surface area contributed by atoms with Crippen LogP contribution in [0.3, 0.4) is 0 Å². The van der Waals surface area contributed by atoms with Gasteiger partial charge in [-0.05, 0) is 108 Å². The Morgan fingerprint density at radius 1 is 0.667 bits per heavy atom. The summed E-state index contributed by atoms with van der Waals surface area (Å²) in [4.78, 5) is 6.99. The smallest absolute Gasteiger partial charge is 0.0541 e. The fourth-order valence-corrected chi connectivity index (χ4v) is 4.20. The highest BCUT2D eigenvalue weighted by Gasteiger charge is 2.07. The maximum Gasteiger partial charge on any atom is 0.0541 e. The van der Waals surface area contributed by atoms with Crippen molar-refractivity contribution in [2.24, 2.45) is 0 Å². The molecular formula is C27H44N6. The van der Waals surface area contributed by atoms with Gasteiger partial charge in [-0.1, -0.05) is 30.3 Å². The molecule has 2 aromatic rings. The molecule has 0 amide bonds. The van der Waals surface area contributed by atoms with Crippen molar-refractivity contribution in [3.05, 3.63) is 65.5 Å². The predicted molar refractivity (Wildman–Crippen MR) is 138 cm³/mol. The van der Waals surface area contributed by atoms with Crippen LogP contribution in [0.4, 0.5) is 0 Å². The molecule has 1 aromatic heterocycles. The maximum absolute atomic E-state index is 4.37. The van der Waals surface area contributed by atoms with Gasteiger partial charge in [0.1, 0.15) is 0 Å². The molecule has 0 atom stereocenters. The van der Waals surface area contributed by atoms with Crippen molar-refractivity contribution >= 4 is 0 Å². The van der Waals surface area contributed by atoms with Crippen LogP contribution in [0.25, 0.3) is 0 Å². The zero-order valence-electron chi connectivity index (χ0n) is 20.3. The van der Waals surface area contributed by atoms with Crippen LogP contribution in [-0.2, 0) is 19.6 Å². The van der Waals surface area contributed by atoms with Crippen LogP contribution >= 0.6 is 0 Å². The molecule has 0 radical (unpaired) electrons. The average molecular weight is 453 g/mol. The number of aromatic nitrogens is 1. The molecule has 1 aliphatic rings. The molecule has 4 N–H and O–H groups in total. The molecule has 0 unspecified atom stereocenters. The minimum Gasteiger partial charge on any atom is -0.317 e. The highest BCUT2D eigenvalue weighted by atomic mass is 15.1. The van der Waals surface area contributed by atoms with Gasteiger partial charge in [0, 0.05) is 25.8 Å². The lowest BCUT2D eigenvalue weighted by Gasteiger charge is -2.23. The molecule has 6 heteroatoms. The van der Waals surface area contributed by atoms with Gasteiger partial charge in [-0.2, -0.15) is 0 Å². The normalized spacial score (nSPS) is 18.5. The Hall–Kier alpha value is -1.83. The van der Waals surface area contributed by atoms with Crippen molar-refractivity contribution in [1.29, 1.82) is 0 Å². The summed E-state index contributed by atoms with van der Waals surface area (Å²) < 4.78 is 0. The number of hydrogen-bond donors (Lipinski definition) is 4. The third-order valence-corrected chi connectivity index (χ3v) is 6.11. The lowest BCUT2D eigenvalue weighted by molar-refractivity contribution is 0.256. The van der Waals surface area contributed by atoms with Crippen molar-refractivity contribution < 1.29 is 0 Å². The number of nitrogens with zero attached hydrogens (tertiary/aromatic N) is 2. The van der Waals surface area contributed by atoms with Gasteiger partial charge in [0.05, 0.1) is 5.69 Å². The molecule has 33 heavy (non-hydrogen) atoms. The molecule has 182 valence electrons. The van der Waals surface area contributed by atoms with Crippen molar-refractivity contribution in [1.82, 2.24) is 31.2 Å². The van der Waals surface area contributed by atoms with Gasteiger partial charge in [0.25, 0.3) is 0 Å². The number of pyridine rings is 1. The summed E-state index contributed by atoms with van der Waals surface area (Å²) in [6.07, 6.45) is 8.00. The monoisotopic (exact) mass is 452 g/mol. The molecule has 3 rings (SSSR count). The molecule has 1 saturated heterocycles. The molecule has 0 spiro atoms. The van der Waals surface area contributed by atoms with Crippen LogP contribution in [0.5, 0.6) is 0 Å². The maximum atomic E-state index is 4.37. The number of benzene rings is 1. The highest BCUT2D eigenvalue weighted by molar-refractivity contribution is 5.22. The van der Waals surface area contributed by atoms with Gasteiger partial charge >= 0.3 is 0 Å². The lowest BCUT2D eigenvalue weighted by atomic mass is 10.1. The standard InChI is InChI=1S/C27H44N6/c1-2-19-32-27(8-1)23-31-22-25-9-11-26(12-10-25)24-33-20-6-17-29-14-4-3-13-28-15-5-16-30-18-7-21-33/h1-2,8-12,19,28-31H,3-7,13-18,20-24H2. The van der Waals surface area contributed by atoms with E-state index in [4.69, 9.17) is 0 Å². The third kappa shape index (κ3) is 11.7. The second-order valence-corrected chi connectivity index (χ2v) is 9.04. The Balaban J connectivity index is 1.42. The minimum absolute atomic E-state index is 0.801. The highest BCUT2D eigenvalue weighted by Crippen LogP contribution is 2.09. The summed E-state index contributed by atoms with van der Waals surface area (Å²) in [7, 11) is 0. The quantitative estimate of drug-likeness (QED) is 0.541. The first-order valence-electron chi connectivity index (χ1n) is 12.9. The summed E-state index contributed by atoms with van der Waals surface area (Å²) in [6, 6.07) is 15.2. The number of rotatable bonds is 6. The van der Waals surface area contributed by atoms with E-state index in [1.54, 1.807) is 0 Å². The summed E-state index contributed by atoms with van der Waals surface area (Å²) in [6.45, 7) is 11.8. The van der Waals surface area contributed by atoms with Crippen LogP contribution in [0.15, 0.2) is 48.7 Å². The van der Waals surface area contributed by atoms with Crippen molar-refractivity contribution in [3.63, 3.8) is 0 Å². The van der Waals surface area contributed by atoms with E-state index in [0.717, 1.165) is 77.7 Å². The second kappa shape index (κ2) is 16.7. The molecule has 0 saturated carbocycles. The Bertz CT molecular complexity index is 703. The van der Waals surface area contributed by atoms with E-state index in [9.17, 15) is 0 Å². The Labute approximate surface area is 201 Å². The van der Waals surface area contributed by atoms with Crippen molar-refractivity contribution in [3.8, 4) is 0 Å². The zero-order valence-corrected chi connectivity index (χ0v) is 20.3. The van der Waals surface area contributed by atoms with E-state index in [0.29, 0.717) is 0 Å². The Morgan fingerprint density at radius 3 is 1.91 bits per heavy atom. The lowest BCUT2D eigenvalue weighted by Crippen LogP contribution is -2.30. The van der Waals surface area contributed by atoms with Gasteiger partial charge in [0.2, 0.25) is 0 Å². The summed E-state index contributed by atoms with van der Waals surface area (Å²) in [5, 5.41) is 14.3. The van der Waals surface area contributed by atoms with E-state index >= 15 is 0 Å². The Morgan fingerprint density at radius 2 is 1.27 bits per heavy atom.